The Labute approximate surface area is 136 Å². The molecule has 1 fully saturated rings. The van der Waals surface area contributed by atoms with Crippen LogP contribution in [-0.2, 0) is 19.4 Å². The molecule has 0 aromatic heterocycles. The molecule has 126 valence electrons. The fourth-order valence-electron chi connectivity index (χ4n) is 2.64. The number of amides is 1. The standard InChI is InChI=1S/C16H21NO5S/c1-3-17(14-8-9-23(20,21)11-14)15(18)10-22-16(19)13-6-4-12(2)5-7-13/h4-7,14H,3,8-11H2,1-2H3. The second-order valence-electron chi connectivity index (χ2n) is 5.68. The number of carbonyl (C=O) groups is 2. The molecular weight excluding hydrogens is 318 g/mol. The van der Waals surface area contributed by atoms with Gasteiger partial charge in [-0.1, -0.05) is 17.7 Å². The molecule has 2 rings (SSSR count). The molecule has 0 aliphatic carbocycles. The fraction of sp³-hybridized carbons (Fsp3) is 0.500. The molecule has 1 aromatic carbocycles. The topological polar surface area (TPSA) is 80.8 Å². The molecule has 0 saturated carbocycles. The lowest BCUT2D eigenvalue weighted by Crippen LogP contribution is -2.43. The Balaban J connectivity index is 1.92. The van der Waals surface area contributed by atoms with E-state index in [-0.39, 0.29) is 30.1 Å². The van der Waals surface area contributed by atoms with Gasteiger partial charge in [-0.2, -0.15) is 0 Å². The molecule has 0 bridgehead atoms. The summed E-state index contributed by atoms with van der Waals surface area (Å²) < 4.78 is 28.1. The number of rotatable bonds is 5. The molecule has 7 heteroatoms. The zero-order chi connectivity index (χ0) is 17.0. The number of likely N-dealkylation sites (N-methyl/N-ethyl adjacent to an activating group) is 1. The van der Waals surface area contributed by atoms with E-state index in [4.69, 9.17) is 4.74 Å². The number of nitrogens with zero attached hydrogens (tertiary/aromatic N) is 1. The first kappa shape index (κ1) is 17.5. The predicted molar refractivity (Wildman–Crippen MR) is 85.9 cm³/mol. The van der Waals surface area contributed by atoms with Gasteiger partial charge in [0.05, 0.1) is 17.1 Å². The van der Waals surface area contributed by atoms with E-state index < -0.39 is 15.8 Å². The van der Waals surface area contributed by atoms with Gasteiger partial charge in [-0.15, -0.1) is 0 Å². The Morgan fingerprint density at radius 1 is 1.26 bits per heavy atom. The average molecular weight is 339 g/mol. The summed E-state index contributed by atoms with van der Waals surface area (Å²) in [5, 5.41) is 0. The zero-order valence-corrected chi connectivity index (χ0v) is 14.1. The van der Waals surface area contributed by atoms with E-state index in [1.165, 1.54) is 4.90 Å². The SMILES string of the molecule is CCN(C(=O)COC(=O)c1ccc(C)cc1)C1CCS(=O)(=O)C1. The van der Waals surface area contributed by atoms with Crippen molar-refractivity contribution in [2.75, 3.05) is 24.7 Å². The summed E-state index contributed by atoms with van der Waals surface area (Å²) in [6, 6.07) is 6.54. The molecule has 1 aliphatic heterocycles. The Kier molecular flexibility index (Phi) is 5.41. The van der Waals surface area contributed by atoms with Crippen LogP contribution >= 0.6 is 0 Å². The third-order valence-corrected chi connectivity index (χ3v) is 5.67. The van der Waals surface area contributed by atoms with E-state index >= 15 is 0 Å². The van der Waals surface area contributed by atoms with Gasteiger partial charge in [-0.05, 0) is 32.4 Å². The van der Waals surface area contributed by atoms with Crippen LogP contribution in [0, 0.1) is 6.92 Å². The second-order valence-corrected chi connectivity index (χ2v) is 7.91. The van der Waals surface area contributed by atoms with Crippen LogP contribution in [0.1, 0.15) is 29.3 Å². The summed E-state index contributed by atoms with van der Waals surface area (Å²) in [4.78, 5) is 25.6. The summed E-state index contributed by atoms with van der Waals surface area (Å²) in [6.45, 7) is 3.70. The largest absolute Gasteiger partial charge is 0.452 e. The Hall–Kier alpha value is -1.89. The molecule has 1 saturated heterocycles. The van der Waals surface area contributed by atoms with Crippen molar-refractivity contribution in [1.82, 2.24) is 4.90 Å². The van der Waals surface area contributed by atoms with Crippen molar-refractivity contribution in [3.8, 4) is 0 Å². The highest BCUT2D eigenvalue weighted by molar-refractivity contribution is 7.91. The number of hydrogen-bond acceptors (Lipinski definition) is 5. The van der Waals surface area contributed by atoms with Crippen LogP contribution in [0.5, 0.6) is 0 Å². The van der Waals surface area contributed by atoms with Crippen molar-refractivity contribution in [3.63, 3.8) is 0 Å². The maximum atomic E-state index is 12.2. The van der Waals surface area contributed by atoms with Crippen LogP contribution in [0.15, 0.2) is 24.3 Å². The van der Waals surface area contributed by atoms with E-state index in [0.717, 1.165) is 5.56 Å². The third-order valence-electron chi connectivity index (χ3n) is 3.92. The highest BCUT2D eigenvalue weighted by Gasteiger charge is 2.34. The summed E-state index contributed by atoms with van der Waals surface area (Å²) in [5.41, 5.74) is 1.41. The van der Waals surface area contributed by atoms with Crippen molar-refractivity contribution in [1.29, 1.82) is 0 Å². The summed E-state index contributed by atoms with van der Waals surface area (Å²) in [5.74, 6) is -0.841. The van der Waals surface area contributed by atoms with Gasteiger partial charge in [-0.25, -0.2) is 13.2 Å². The van der Waals surface area contributed by atoms with Crippen molar-refractivity contribution in [3.05, 3.63) is 35.4 Å². The van der Waals surface area contributed by atoms with Gasteiger partial charge in [-0.3, -0.25) is 4.79 Å². The van der Waals surface area contributed by atoms with Crippen LogP contribution in [0.3, 0.4) is 0 Å². The first-order chi connectivity index (χ1) is 10.8. The lowest BCUT2D eigenvalue weighted by atomic mass is 10.1. The molecule has 23 heavy (non-hydrogen) atoms. The number of carbonyl (C=O) groups excluding carboxylic acids is 2. The maximum absolute atomic E-state index is 12.2. The molecular formula is C16H21NO5S. The number of ether oxygens (including phenoxy) is 1. The van der Waals surface area contributed by atoms with Gasteiger partial charge in [0.15, 0.2) is 16.4 Å². The van der Waals surface area contributed by atoms with Gasteiger partial charge >= 0.3 is 5.97 Å². The number of aryl methyl sites for hydroxylation is 1. The van der Waals surface area contributed by atoms with Gasteiger partial charge < -0.3 is 9.64 Å². The molecule has 0 spiro atoms. The fourth-order valence-corrected chi connectivity index (χ4v) is 4.37. The average Bonchev–Trinajstić information content (AvgIpc) is 2.86. The van der Waals surface area contributed by atoms with Crippen LogP contribution in [0.2, 0.25) is 0 Å². The molecule has 1 heterocycles. The zero-order valence-electron chi connectivity index (χ0n) is 13.3. The molecule has 1 atom stereocenters. The molecule has 0 radical (unpaired) electrons. The van der Waals surface area contributed by atoms with Crippen LogP contribution in [0.25, 0.3) is 0 Å². The highest BCUT2D eigenvalue weighted by Crippen LogP contribution is 2.18. The minimum Gasteiger partial charge on any atom is -0.452 e. The first-order valence-corrected chi connectivity index (χ1v) is 9.38. The van der Waals surface area contributed by atoms with E-state index in [1.54, 1.807) is 31.2 Å². The molecule has 1 amide bonds. The van der Waals surface area contributed by atoms with Gasteiger partial charge in [0.25, 0.3) is 5.91 Å². The van der Waals surface area contributed by atoms with Crippen molar-refractivity contribution >= 4 is 21.7 Å². The number of hydrogen-bond donors (Lipinski definition) is 0. The summed E-state index contributed by atoms with van der Waals surface area (Å²) >= 11 is 0. The first-order valence-electron chi connectivity index (χ1n) is 7.56. The maximum Gasteiger partial charge on any atom is 0.338 e. The van der Waals surface area contributed by atoms with Gasteiger partial charge in [0.1, 0.15) is 0 Å². The minimum atomic E-state index is -3.06. The van der Waals surface area contributed by atoms with Gasteiger partial charge in [0, 0.05) is 12.6 Å². The van der Waals surface area contributed by atoms with E-state index in [9.17, 15) is 18.0 Å². The highest BCUT2D eigenvalue weighted by atomic mass is 32.2. The van der Waals surface area contributed by atoms with Crippen molar-refractivity contribution in [2.24, 2.45) is 0 Å². The molecule has 0 N–H and O–H groups in total. The Morgan fingerprint density at radius 2 is 1.91 bits per heavy atom. The van der Waals surface area contributed by atoms with E-state index in [0.29, 0.717) is 18.5 Å². The lowest BCUT2D eigenvalue weighted by molar-refractivity contribution is -0.136. The van der Waals surface area contributed by atoms with E-state index in [1.807, 2.05) is 6.92 Å². The monoisotopic (exact) mass is 339 g/mol. The smallest absolute Gasteiger partial charge is 0.338 e. The second kappa shape index (κ2) is 7.12. The van der Waals surface area contributed by atoms with Crippen molar-refractivity contribution in [2.45, 2.75) is 26.3 Å². The summed E-state index contributed by atoms with van der Waals surface area (Å²) in [7, 11) is -3.06. The number of benzene rings is 1. The summed E-state index contributed by atoms with van der Waals surface area (Å²) in [6.07, 6.45) is 0.438. The quantitative estimate of drug-likeness (QED) is 0.753. The van der Waals surface area contributed by atoms with E-state index in [2.05, 4.69) is 0 Å². The van der Waals surface area contributed by atoms with Crippen LogP contribution < -0.4 is 0 Å². The Morgan fingerprint density at radius 3 is 2.43 bits per heavy atom. The predicted octanol–water partition coefficient (Wildman–Crippen LogP) is 1.19. The molecule has 1 unspecified atom stereocenters. The van der Waals surface area contributed by atoms with Crippen LogP contribution in [0.4, 0.5) is 0 Å². The normalized spacial score (nSPS) is 19.3. The lowest BCUT2D eigenvalue weighted by Gasteiger charge is -2.26. The molecule has 1 aliphatic rings. The number of esters is 1. The molecule has 1 aromatic rings. The van der Waals surface area contributed by atoms with Crippen LogP contribution in [-0.4, -0.2) is 55.9 Å². The third kappa shape index (κ3) is 4.54. The number of sulfone groups is 1. The minimum absolute atomic E-state index is 0.0154. The Bertz CT molecular complexity index is 681. The van der Waals surface area contributed by atoms with Crippen molar-refractivity contribution < 1.29 is 22.7 Å². The van der Waals surface area contributed by atoms with Gasteiger partial charge in [0.2, 0.25) is 0 Å². The molecule has 6 nitrogen and oxygen atoms in total.